The van der Waals surface area contributed by atoms with Gasteiger partial charge < -0.3 is 14.2 Å². The highest BCUT2D eigenvalue weighted by molar-refractivity contribution is 5.72. The summed E-state index contributed by atoms with van der Waals surface area (Å²) in [5.74, 6) is 0.620. The normalized spacial score (nSPS) is 12.2. The molecule has 6 nitrogen and oxygen atoms in total. The molecule has 0 bridgehead atoms. The number of carbonyl (C=O) groups excluding carboxylic acids is 1. The van der Waals surface area contributed by atoms with Crippen molar-refractivity contribution in [2.24, 2.45) is 0 Å². The van der Waals surface area contributed by atoms with Crippen molar-refractivity contribution in [3.05, 3.63) is 24.3 Å². The van der Waals surface area contributed by atoms with Crippen molar-refractivity contribution in [1.82, 2.24) is 0 Å². The number of nitrogens with one attached hydrogen (secondary N) is 2. The Labute approximate surface area is 265 Å². The Bertz CT molecular complexity index is 667. The average molecular weight is 605 g/mol. The molecular formula is C37H68N2O4. The lowest BCUT2D eigenvalue weighted by molar-refractivity contribution is -0.142. The molecule has 0 aliphatic heterocycles. The van der Waals surface area contributed by atoms with Crippen LogP contribution in [0.1, 0.15) is 175 Å². The molecule has 6 heteroatoms. The van der Waals surface area contributed by atoms with E-state index < -0.39 is 0 Å². The Morgan fingerprint density at radius 2 is 1.05 bits per heavy atom. The van der Waals surface area contributed by atoms with Crippen LogP contribution in [0.5, 0.6) is 0 Å². The van der Waals surface area contributed by atoms with Crippen LogP contribution in [0, 0.1) is 10.8 Å². The molecule has 0 rings (SSSR count). The van der Waals surface area contributed by atoms with Gasteiger partial charge in [0.25, 0.3) is 0 Å². The molecule has 0 saturated heterocycles. The third kappa shape index (κ3) is 32.6. The van der Waals surface area contributed by atoms with Crippen LogP contribution in [0.2, 0.25) is 0 Å². The van der Waals surface area contributed by atoms with Crippen molar-refractivity contribution in [3.63, 3.8) is 0 Å². The number of allylic oxidation sites excluding steroid dienone is 2. The van der Waals surface area contributed by atoms with Crippen LogP contribution in [0.3, 0.4) is 0 Å². The van der Waals surface area contributed by atoms with E-state index in [1.165, 1.54) is 57.8 Å². The predicted molar refractivity (Wildman–Crippen MR) is 183 cm³/mol. The molecule has 250 valence electrons. The van der Waals surface area contributed by atoms with E-state index in [9.17, 15) is 4.79 Å². The van der Waals surface area contributed by atoms with Crippen molar-refractivity contribution >= 4 is 17.8 Å². The molecule has 0 radical (unpaired) electrons. The number of hydrogen-bond donors (Lipinski definition) is 2. The standard InChI is InChI=1S/C37H68N2O4/c1-4-6-8-10-12-20-26-32-41-36(39)30-24-18-14-16-22-28-35(43-34(3)38)29-23-17-15-19-25-31-37(40)42-33-27-21-13-11-9-7-5-2/h20-21,26-27,35,38-39H,4-19,22-25,28-33H2,1-3H3/b26-20-,27-21-,38-34?,39-36?. The summed E-state index contributed by atoms with van der Waals surface area (Å²) in [5, 5.41) is 15.7. The van der Waals surface area contributed by atoms with Gasteiger partial charge in [-0.1, -0.05) is 115 Å². The summed E-state index contributed by atoms with van der Waals surface area (Å²) in [4.78, 5) is 11.9. The molecule has 0 amide bonds. The van der Waals surface area contributed by atoms with Gasteiger partial charge in [0.1, 0.15) is 19.3 Å². The Hall–Kier alpha value is -2.11. The van der Waals surface area contributed by atoms with E-state index in [4.69, 9.17) is 25.0 Å². The molecule has 0 fully saturated rings. The Balaban J connectivity index is 3.73. The maximum atomic E-state index is 11.9. The summed E-state index contributed by atoms with van der Waals surface area (Å²) in [6, 6.07) is 0. The maximum Gasteiger partial charge on any atom is 0.306 e. The van der Waals surface area contributed by atoms with Crippen molar-refractivity contribution in [3.8, 4) is 0 Å². The van der Waals surface area contributed by atoms with E-state index in [0.717, 1.165) is 89.9 Å². The van der Waals surface area contributed by atoms with E-state index in [1.54, 1.807) is 6.92 Å². The molecule has 0 aromatic carbocycles. The highest BCUT2D eigenvalue weighted by Crippen LogP contribution is 2.17. The molecule has 0 aromatic heterocycles. The topological polar surface area (TPSA) is 92.5 Å². The monoisotopic (exact) mass is 605 g/mol. The van der Waals surface area contributed by atoms with Crippen LogP contribution < -0.4 is 0 Å². The van der Waals surface area contributed by atoms with Crippen molar-refractivity contribution in [2.75, 3.05) is 13.2 Å². The summed E-state index contributed by atoms with van der Waals surface area (Å²) in [6.45, 7) is 7.09. The first-order valence-corrected chi connectivity index (χ1v) is 17.9. The second kappa shape index (κ2) is 32.8. The van der Waals surface area contributed by atoms with Gasteiger partial charge in [0.15, 0.2) is 11.8 Å². The molecule has 1 atom stereocenters. The zero-order valence-electron chi connectivity index (χ0n) is 28.4. The number of ether oxygens (including phenoxy) is 3. The van der Waals surface area contributed by atoms with Crippen LogP contribution in [-0.4, -0.2) is 37.1 Å². The van der Waals surface area contributed by atoms with Gasteiger partial charge in [-0.25, -0.2) is 0 Å². The summed E-state index contributed by atoms with van der Waals surface area (Å²) in [7, 11) is 0. The molecule has 0 aliphatic rings. The third-order valence-corrected chi connectivity index (χ3v) is 7.66. The zero-order chi connectivity index (χ0) is 31.6. The minimum absolute atomic E-state index is 0.0895. The minimum atomic E-state index is -0.0895. The average Bonchev–Trinajstić information content (AvgIpc) is 2.98. The largest absolute Gasteiger partial charge is 0.478 e. The van der Waals surface area contributed by atoms with Gasteiger partial charge in [-0.05, 0) is 64.2 Å². The van der Waals surface area contributed by atoms with Gasteiger partial charge in [0, 0.05) is 19.8 Å². The number of hydrogen-bond acceptors (Lipinski definition) is 6. The molecular weight excluding hydrogens is 536 g/mol. The van der Waals surface area contributed by atoms with Gasteiger partial charge in [-0.2, -0.15) is 0 Å². The van der Waals surface area contributed by atoms with Crippen LogP contribution in [0.4, 0.5) is 0 Å². The molecule has 0 saturated carbocycles. The lowest BCUT2D eigenvalue weighted by atomic mass is 10.0. The molecule has 0 aliphatic carbocycles. The van der Waals surface area contributed by atoms with E-state index in [-0.39, 0.29) is 12.1 Å². The van der Waals surface area contributed by atoms with Gasteiger partial charge in [-0.3, -0.25) is 15.6 Å². The van der Waals surface area contributed by atoms with Gasteiger partial charge in [0.2, 0.25) is 0 Å². The van der Waals surface area contributed by atoms with Crippen molar-refractivity contribution < 1.29 is 19.0 Å². The fourth-order valence-corrected chi connectivity index (χ4v) is 5.06. The Kier molecular flexibility index (Phi) is 31.2. The zero-order valence-corrected chi connectivity index (χ0v) is 28.4. The molecule has 0 spiro atoms. The fraction of sp³-hybridized carbons (Fsp3) is 0.811. The smallest absolute Gasteiger partial charge is 0.306 e. The first-order valence-electron chi connectivity index (χ1n) is 17.9. The number of carbonyl (C=O) groups is 1. The molecule has 43 heavy (non-hydrogen) atoms. The summed E-state index contributed by atoms with van der Waals surface area (Å²) < 4.78 is 16.6. The maximum absolute atomic E-state index is 11.9. The van der Waals surface area contributed by atoms with Gasteiger partial charge in [-0.15, -0.1) is 0 Å². The third-order valence-electron chi connectivity index (χ3n) is 7.66. The van der Waals surface area contributed by atoms with Crippen LogP contribution in [-0.2, 0) is 19.0 Å². The minimum Gasteiger partial charge on any atom is -0.478 e. The lowest BCUT2D eigenvalue weighted by Gasteiger charge is -2.18. The van der Waals surface area contributed by atoms with E-state index in [1.807, 2.05) is 12.2 Å². The second-order valence-corrected chi connectivity index (χ2v) is 12.0. The van der Waals surface area contributed by atoms with Crippen LogP contribution in [0.25, 0.3) is 0 Å². The van der Waals surface area contributed by atoms with Crippen molar-refractivity contribution in [2.45, 2.75) is 181 Å². The van der Waals surface area contributed by atoms with E-state index in [2.05, 4.69) is 26.0 Å². The van der Waals surface area contributed by atoms with Crippen molar-refractivity contribution in [1.29, 1.82) is 10.8 Å². The quantitative estimate of drug-likeness (QED) is 0.0271. The number of unbranched alkanes of at least 4 members (excludes halogenated alkanes) is 16. The second-order valence-electron chi connectivity index (χ2n) is 12.0. The molecule has 0 aromatic rings. The summed E-state index contributed by atoms with van der Waals surface area (Å²) >= 11 is 0. The SMILES string of the molecule is CCCCCC/C=C\COC(=N)CCCCCCCC(CCCCCCCC(=O)OC/C=C\CCCCCC)OC(C)=N. The molecule has 0 heterocycles. The van der Waals surface area contributed by atoms with Crippen LogP contribution >= 0.6 is 0 Å². The molecule has 1 unspecified atom stereocenters. The summed E-state index contributed by atoms with van der Waals surface area (Å²) in [5.41, 5.74) is 0. The fourth-order valence-electron chi connectivity index (χ4n) is 5.06. The van der Waals surface area contributed by atoms with E-state index >= 15 is 0 Å². The molecule has 2 N–H and O–H groups in total. The number of esters is 1. The highest BCUT2D eigenvalue weighted by Gasteiger charge is 2.10. The lowest BCUT2D eigenvalue weighted by Crippen LogP contribution is -2.16. The first-order chi connectivity index (χ1) is 21.0. The Morgan fingerprint density at radius 3 is 1.58 bits per heavy atom. The van der Waals surface area contributed by atoms with Gasteiger partial charge >= 0.3 is 5.97 Å². The van der Waals surface area contributed by atoms with Crippen LogP contribution in [0.15, 0.2) is 24.3 Å². The van der Waals surface area contributed by atoms with E-state index in [0.29, 0.717) is 31.4 Å². The number of rotatable bonds is 31. The van der Waals surface area contributed by atoms with Gasteiger partial charge in [0.05, 0.1) is 0 Å². The first kappa shape index (κ1) is 40.9. The highest BCUT2D eigenvalue weighted by atomic mass is 16.5. The Morgan fingerprint density at radius 1 is 0.581 bits per heavy atom. The predicted octanol–water partition coefficient (Wildman–Crippen LogP) is 11.4. The summed E-state index contributed by atoms with van der Waals surface area (Å²) in [6.07, 6.45) is 34.9.